The van der Waals surface area contributed by atoms with Crippen molar-refractivity contribution in [3.05, 3.63) is 29.6 Å². The van der Waals surface area contributed by atoms with E-state index in [-0.39, 0.29) is 16.4 Å². The SMILES string of the molecule is CC(C(N)=O)C(N)c1nc2ccc(C(C)(C)C)cc2[nH]1.O.O. The number of hydrogen-bond acceptors (Lipinski definition) is 3. The van der Waals surface area contributed by atoms with Crippen LogP contribution in [0.5, 0.6) is 0 Å². The van der Waals surface area contributed by atoms with Gasteiger partial charge in [-0.25, -0.2) is 4.98 Å². The zero-order valence-corrected chi connectivity index (χ0v) is 13.4. The molecule has 0 bridgehead atoms. The van der Waals surface area contributed by atoms with E-state index in [0.717, 1.165) is 11.0 Å². The van der Waals surface area contributed by atoms with Crippen LogP contribution in [0, 0.1) is 5.92 Å². The summed E-state index contributed by atoms with van der Waals surface area (Å²) >= 11 is 0. The molecule has 1 aromatic carbocycles. The number of nitrogens with two attached hydrogens (primary N) is 2. The predicted molar refractivity (Wildman–Crippen MR) is 87.3 cm³/mol. The van der Waals surface area contributed by atoms with Crippen molar-refractivity contribution in [2.75, 3.05) is 0 Å². The fraction of sp³-hybridized carbons (Fsp3) is 0.467. The van der Waals surface area contributed by atoms with Gasteiger partial charge in [-0.2, -0.15) is 0 Å². The monoisotopic (exact) mass is 310 g/mol. The molecule has 0 radical (unpaired) electrons. The Morgan fingerprint density at radius 1 is 1.27 bits per heavy atom. The Kier molecular flexibility index (Phi) is 6.25. The summed E-state index contributed by atoms with van der Waals surface area (Å²) in [6.07, 6.45) is 0. The van der Waals surface area contributed by atoms with Crippen LogP contribution in [0.25, 0.3) is 11.0 Å². The number of benzene rings is 1. The molecule has 0 aliphatic heterocycles. The van der Waals surface area contributed by atoms with Crippen molar-refractivity contribution in [1.82, 2.24) is 9.97 Å². The highest BCUT2D eigenvalue weighted by atomic mass is 16.1. The molecular weight excluding hydrogens is 284 g/mol. The number of rotatable bonds is 3. The first-order chi connectivity index (χ1) is 9.20. The maximum absolute atomic E-state index is 11.2. The lowest BCUT2D eigenvalue weighted by molar-refractivity contribution is -0.121. The Hall–Kier alpha value is -1.96. The molecule has 1 amide bonds. The highest BCUT2D eigenvalue weighted by Gasteiger charge is 2.23. The first-order valence-corrected chi connectivity index (χ1v) is 6.75. The number of nitrogens with zero attached hydrogens (tertiary/aromatic N) is 1. The van der Waals surface area contributed by atoms with Crippen LogP contribution in [-0.4, -0.2) is 26.8 Å². The second-order valence-electron chi connectivity index (χ2n) is 6.32. The van der Waals surface area contributed by atoms with Gasteiger partial charge in [-0.05, 0) is 23.1 Å². The molecule has 22 heavy (non-hydrogen) atoms. The summed E-state index contributed by atoms with van der Waals surface area (Å²) in [5.74, 6) is -0.289. The Labute approximate surface area is 129 Å². The van der Waals surface area contributed by atoms with Gasteiger partial charge in [0.15, 0.2) is 0 Å². The van der Waals surface area contributed by atoms with Gasteiger partial charge in [0.25, 0.3) is 0 Å². The van der Waals surface area contributed by atoms with Gasteiger partial charge < -0.3 is 27.4 Å². The molecule has 0 fully saturated rings. The first-order valence-electron chi connectivity index (χ1n) is 6.75. The Morgan fingerprint density at radius 2 is 1.86 bits per heavy atom. The minimum atomic E-state index is -0.516. The van der Waals surface area contributed by atoms with Crippen molar-refractivity contribution >= 4 is 16.9 Å². The summed E-state index contributed by atoms with van der Waals surface area (Å²) in [5.41, 5.74) is 14.4. The molecule has 2 aromatic rings. The zero-order valence-electron chi connectivity index (χ0n) is 13.4. The average Bonchev–Trinajstić information content (AvgIpc) is 2.78. The number of carbonyl (C=O) groups is 1. The van der Waals surface area contributed by atoms with Crippen LogP contribution >= 0.6 is 0 Å². The van der Waals surface area contributed by atoms with Gasteiger partial charge in [-0.3, -0.25) is 4.79 Å². The van der Waals surface area contributed by atoms with Gasteiger partial charge in [0.1, 0.15) is 5.82 Å². The number of carbonyl (C=O) groups excluding carboxylic acids is 1. The van der Waals surface area contributed by atoms with Gasteiger partial charge in [-0.1, -0.05) is 33.8 Å². The summed E-state index contributed by atoms with van der Waals surface area (Å²) in [5, 5.41) is 0. The molecule has 7 heteroatoms. The van der Waals surface area contributed by atoms with Gasteiger partial charge in [0.2, 0.25) is 5.91 Å². The molecule has 1 aromatic heterocycles. The summed E-state index contributed by atoms with van der Waals surface area (Å²) in [6.45, 7) is 8.19. The highest BCUT2D eigenvalue weighted by molar-refractivity contribution is 5.78. The predicted octanol–water partition coefficient (Wildman–Crippen LogP) is 0.332. The normalized spacial score (nSPS) is 13.9. The molecule has 2 atom stereocenters. The molecule has 0 saturated heterocycles. The standard InChI is InChI=1S/C15H22N4O.2H2O/c1-8(13(17)20)12(16)14-18-10-6-5-9(15(2,3)4)7-11(10)19-14;;/h5-8,12H,16H2,1-4H3,(H2,17,20)(H,18,19);2*1H2. The van der Waals surface area contributed by atoms with Crippen molar-refractivity contribution in [3.8, 4) is 0 Å². The number of aromatic nitrogens is 2. The molecule has 1 heterocycles. The van der Waals surface area contributed by atoms with E-state index < -0.39 is 17.9 Å². The molecule has 0 aliphatic rings. The fourth-order valence-corrected chi connectivity index (χ4v) is 2.07. The maximum Gasteiger partial charge on any atom is 0.222 e. The first kappa shape index (κ1) is 20.0. The summed E-state index contributed by atoms with van der Waals surface area (Å²) in [4.78, 5) is 18.9. The Bertz CT molecular complexity index is 646. The van der Waals surface area contributed by atoms with E-state index in [1.54, 1.807) is 6.92 Å². The summed E-state index contributed by atoms with van der Waals surface area (Å²) in [7, 11) is 0. The van der Waals surface area contributed by atoms with Crippen LogP contribution in [0.3, 0.4) is 0 Å². The lowest BCUT2D eigenvalue weighted by Crippen LogP contribution is -2.31. The van der Waals surface area contributed by atoms with Crippen LogP contribution < -0.4 is 11.5 Å². The van der Waals surface area contributed by atoms with Crippen LogP contribution in [-0.2, 0) is 10.2 Å². The number of H-pyrrole nitrogens is 1. The van der Waals surface area contributed by atoms with E-state index in [1.165, 1.54) is 5.56 Å². The highest BCUT2D eigenvalue weighted by Crippen LogP contribution is 2.26. The second kappa shape index (κ2) is 6.87. The fourth-order valence-electron chi connectivity index (χ4n) is 2.07. The van der Waals surface area contributed by atoms with E-state index >= 15 is 0 Å². The largest absolute Gasteiger partial charge is 0.412 e. The molecule has 0 saturated carbocycles. The third kappa shape index (κ3) is 3.82. The molecule has 9 N–H and O–H groups in total. The number of aromatic amines is 1. The van der Waals surface area contributed by atoms with Crippen LogP contribution in [0.2, 0.25) is 0 Å². The lowest BCUT2D eigenvalue weighted by Gasteiger charge is -2.18. The van der Waals surface area contributed by atoms with Crippen molar-refractivity contribution in [2.45, 2.75) is 39.2 Å². The van der Waals surface area contributed by atoms with Crippen LogP contribution in [0.15, 0.2) is 18.2 Å². The summed E-state index contributed by atoms with van der Waals surface area (Å²) in [6, 6.07) is 5.60. The van der Waals surface area contributed by atoms with E-state index in [4.69, 9.17) is 11.5 Å². The number of nitrogens with one attached hydrogen (secondary N) is 1. The second-order valence-corrected chi connectivity index (χ2v) is 6.32. The van der Waals surface area contributed by atoms with E-state index in [0.29, 0.717) is 5.82 Å². The van der Waals surface area contributed by atoms with E-state index in [9.17, 15) is 4.79 Å². The topological polar surface area (TPSA) is 161 Å². The maximum atomic E-state index is 11.2. The van der Waals surface area contributed by atoms with Gasteiger partial charge in [-0.15, -0.1) is 0 Å². The molecule has 0 spiro atoms. The minimum absolute atomic E-state index is 0. The van der Waals surface area contributed by atoms with E-state index in [1.807, 2.05) is 6.07 Å². The summed E-state index contributed by atoms with van der Waals surface area (Å²) < 4.78 is 0. The third-order valence-electron chi connectivity index (χ3n) is 3.67. The van der Waals surface area contributed by atoms with Crippen molar-refractivity contribution in [3.63, 3.8) is 0 Å². The number of hydrogen-bond donors (Lipinski definition) is 3. The average molecular weight is 310 g/mol. The smallest absolute Gasteiger partial charge is 0.222 e. The molecule has 124 valence electrons. The van der Waals surface area contributed by atoms with Gasteiger partial charge in [0, 0.05) is 0 Å². The quantitative estimate of drug-likeness (QED) is 0.746. The van der Waals surface area contributed by atoms with Crippen molar-refractivity contribution < 1.29 is 15.7 Å². The molecule has 0 aliphatic carbocycles. The van der Waals surface area contributed by atoms with Gasteiger partial charge >= 0.3 is 0 Å². The number of primary amides is 1. The molecular formula is C15H26N4O3. The Morgan fingerprint density at radius 3 is 2.36 bits per heavy atom. The third-order valence-corrected chi connectivity index (χ3v) is 3.67. The number of imidazole rings is 1. The van der Waals surface area contributed by atoms with Gasteiger partial charge in [0.05, 0.1) is 23.0 Å². The Balaban J connectivity index is 0.00000220. The van der Waals surface area contributed by atoms with Crippen molar-refractivity contribution in [2.24, 2.45) is 17.4 Å². The molecule has 2 rings (SSSR count). The number of fused-ring (bicyclic) bond motifs is 1. The minimum Gasteiger partial charge on any atom is -0.412 e. The van der Waals surface area contributed by atoms with E-state index in [2.05, 4.69) is 42.9 Å². The van der Waals surface area contributed by atoms with Crippen LogP contribution in [0.1, 0.15) is 45.1 Å². The van der Waals surface area contributed by atoms with Crippen molar-refractivity contribution in [1.29, 1.82) is 0 Å². The lowest BCUT2D eigenvalue weighted by atomic mass is 9.87. The number of amides is 1. The van der Waals surface area contributed by atoms with Crippen LogP contribution in [0.4, 0.5) is 0 Å². The molecule has 7 nitrogen and oxygen atoms in total. The molecule has 2 unspecified atom stereocenters. The zero-order chi connectivity index (χ0) is 15.1.